The molecule has 226 valence electrons. The van der Waals surface area contributed by atoms with Gasteiger partial charge in [-0.05, 0) is 67.6 Å². The van der Waals surface area contributed by atoms with Gasteiger partial charge < -0.3 is 14.8 Å². The number of aromatic nitrogens is 5. The number of pyridine rings is 2. The van der Waals surface area contributed by atoms with Gasteiger partial charge >= 0.3 is 5.69 Å². The summed E-state index contributed by atoms with van der Waals surface area (Å²) in [5.41, 5.74) is 0.936. The minimum atomic E-state index is -0.708. The van der Waals surface area contributed by atoms with E-state index >= 15 is 0 Å². The summed E-state index contributed by atoms with van der Waals surface area (Å²) in [6.45, 7) is 0. The van der Waals surface area contributed by atoms with Crippen molar-refractivity contribution in [2.45, 2.75) is 37.8 Å². The number of benzene rings is 2. The molecule has 45 heavy (non-hydrogen) atoms. The monoisotopic (exact) mass is 608 g/mol. The number of nitrogens with zero attached hydrogens (tertiary/aromatic N) is 5. The van der Waals surface area contributed by atoms with E-state index in [2.05, 4.69) is 15.3 Å². The molecule has 12 heteroatoms. The van der Waals surface area contributed by atoms with E-state index in [1.165, 1.54) is 33.5 Å². The van der Waals surface area contributed by atoms with E-state index in [1.54, 1.807) is 48.5 Å². The number of phenols is 1. The molecule has 1 amide bonds. The number of carbonyl (C=O) groups excluding carboxylic acids is 1. The highest BCUT2D eigenvalue weighted by Gasteiger charge is 2.28. The summed E-state index contributed by atoms with van der Waals surface area (Å²) in [6, 6.07) is 16.8. The highest BCUT2D eigenvalue weighted by molar-refractivity contribution is 5.93. The molecule has 2 N–H and O–H groups in total. The molecular formula is C33H26F2N6O4. The number of halogens is 2. The Bertz CT molecular complexity index is 2230. The lowest BCUT2D eigenvalue weighted by molar-refractivity contribution is 0.0917. The Balaban J connectivity index is 1.20. The number of aromatic hydroxyl groups is 1. The van der Waals surface area contributed by atoms with Crippen molar-refractivity contribution in [2.24, 2.45) is 0 Å². The number of phenolic OH excluding ortho intramolecular Hbond substituents is 1. The third kappa shape index (κ3) is 5.13. The lowest BCUT2D eigenvalue weighted by atomic mass is 9.90. The lowest BCUT2D eigenvalue weighted by Crippen LogP contribution is -2.45. The molecule has 1 fully saturated rings. The molecule has 0 radical (unpaired) electrons. The third-order valence-electron chi connectivity index (χ3n) is 8.26. The predicted molar refractivity (Wildman–Crippen MR) is 163 cm³/mol. The minimum Gasteiger partial charge on any atom is -0.507 e. The summed E-state index contributed by atoms with van der Waals surface area (Å²) in [4.78, 5) is 49.1. The zero-order valence-corrected chi connectivity index (χ0v) is 23.7. The molecule has 6 aromatic rings. The van der Waals surface area contributed by atoms with Gasteiger partial charge in [0.15, 0.2) is 5.65 Å². The van der Waals surface area contributed by atoms with E-state index in [4.69, 9.17) is 0 Å². The van der Waals surface area contributed by atoms with Gasteiger partial charge in [-0.1, -0.05) is 30.3 Å². The van der Waals surface area contributed by atoms with Gasteiger partial charge in [0.1, 0.15) is 28.7 Å². The number of para-hydroxylation sites is 1. The molecular weight excluding hydrogens is 582 g/mol. The van der Waals surface area contributed by atoms with Crippen molar-refractivity contribution in [3.63, 3.8) is 0 Å². The number of carbonyl (C=O) groups is 1. The van der Waals surface area contributed by atoms with Crippen LogP contribution in [0, 0.1) is 11.6 Å². The SMILES string of the molecule is O=C(N[C@H]1CC[C@@H](n2c(=O)c3cc(F)cnc3n(-c3cccc(-c4ccccc4O)c3)c2=O)CC1)c1cn2cc(F)ccc2n1. The number of fused-ring (bicyclic) bond motifs is 2. The Morgan fingerprint density at radius 3 is 2.51 bits per heavy atom. The molecule has 0 atom stereocenters. The summed E-state index contributed by atoms with van der Waals surface area (Å²) in [6.07, 6.45) is 5.42. The number of rotatable bonds is 5. The summed E-state index contributed by atoms with van der Waals surface area (Å²) in [5.74, 6) is -1.50. The van der Waals surface area contributed by atoms with E-state index in [9.17, 15) is 28.3 Å². The maximum Gasteiger partial charge on any atom is 0.337 e. The molecule has 10 nitrogen and oxygen atoms in total. The highest BCUT2D eigenvalue weighted by atomic mass is 19.1. The normalized spacial score (nSPS) is 16.7. The first-order valence-corrected chi connectivity index (χ1v) is 14.4. The molecule has 0 saturated heterocycles. The lowest BCUT2D eigenvalue weighted by Gasteiger charge is -2.30. The van der Waals surface area contributed by atoms with Crippen LogP contribution in [0.25, 0.3) is 33.5 Å². The van der Waals surface area contributed by atoms with Gasteiger partial charge in [0.2, 0.25) is 0 Å². The Morgan fingerprint density at radius 2 is 1.71 bits per heavy atom. The Labute approximate surface area is 253 Å². The maximum atomic E-state index is 14.4. The van der Waals surface area contributed by atoms with Crippen LogP contribution >= 0.6 is 0 Å². The van der Waals surface area contributed by atoms with Crippen LogP contribution in [-0.4, -0.2) is 40.6 Å². The van der Waals surface area contributed by atoms with Crippen molar-refractivity contribution >= 4 is 22.6 Å². The molecule has 7 rings (SSSR count). The Morgan fingerprint density at radius 1 is 0.911 bits per heavy atom. The van der Waals surface area contributed by atoms with Crippen molar-refractivity contribution in [1.82, 2.24) is 28.8 Å². The molecule has 4 heterocycles. The van der Waals surface area contributed by atoms with Crippen LogP contribution in [0.15, 0.2) is 94.9 Å². The fraction of sp³-hybridized carbons (Fsp3) is 0.182. The number of hydrogen-bond acceptors (Lipinski definition) is 6. The van der Waals surface area contributed by atoms with Crippen molar-refractivity contribution in [3.8, 4) is 22.6 Å². The number of hydrogen-bond donors (Lipinski definition) is 2. The largest absolute Gasteiger partial charge is 0.507 e. The first-order chi connectivity index (χ1) is 21.8. The van der Waals surface area contributed by atoms with E-state index in [0.717, 1.165) is 16.8 Å². The van der Waals surface area contributed by atoms with Crippen LogP contribution in [0.1, 0.15) is 42.2 Å². The highest BCUT2D eigenvalue weighted by Crippen LogP contribution is 2.31. The molecule has 0 unspecified atom stereocenters. The van der Waals surface area contributed by atoms with Gasteiger partial charge in [-0.15, -0.1) is 0 Å². The fourth-order valence-corrected chi connectivity index (χ4v) is 6.08. The molecule has 1 aliphatic rings. The van der Waals surface area contributed by atoms with Crippen molar-refractivity contribution < 1.29 is 18.7 Å². The predicted octanol–water partition coefficient (Wildman–Crippen LogP) is 4.76. The van der Waals surface area contributed by atoms with Gasteiger partial charge in [0, 0.05) is 30.0 Å². The van der Waals surface area contributed by atoms with Crippen molar-refractivity contribution in [3.05, 3.63) is 123 Å². The van der Waals surface area contributed by atoms with Crippen molar-refractivity contribution in [2.75, 3.05) is 0 Å². The molecule has 0 bridgehead atoms. The summed E-state index contributed by atoms with van der Waals surface area (Å²) in [7, 11) is 0. The number of imidazole rings is 1. The summed E-state index contributed by atoms with van der Waals surface area (Å²) >= 11 is 0. The quantitative estimate of drug-likeness (QED) is 0.291. The van der Waals surface area contributed by atoms with E-state index in [0.29, 0.717) is 48.1 Å². The molecule has 1 aliphatic carbocycles. The first-order valence-electron chi connectivity index (χ1n) is 14.4. The van der Waals surface area contributed by atoms with Crippen LogP contribution in [0.3, 0.4) is 0 Å². The van der Waals surface area contributed by atoms with Crippen LogP contribution in [0.2, 0.25) is 0 Å². The van der Waals surface area contributed by atoms with Crippen LogP contribution in [-0.2, 0) is 0 Å². The Kier molecular flexibility index (Phi) is 6.96. The molecule has 0 aliphatic heterocycles. The van der Waals surface area contributed by atoms with E-state index < -0.39 is 34.8 Å². The first kappa shape index (κ1) is 28.1. The van der Waals surface area contributed by atoms with E-state index in [1.807, 2.05) is 0 Å². The third-order valence-corrected chi connectivity index (χ3v) is 8.26. The minimum absolute atomic E-state index is 0.0189. The average molecular weight is 609 g/mol. The average Bonchev–Trinajstić information content (AvgIpc) is 3.46. The van der Waals surface area contributed by atoms with Crippen molar-refractivity contribution in [1.29, 1.82) is 0 Å². The number of amides is 1. The zero-order valence-electron chi connectivity index (χ0n) is 23.7. The zero-order chi connectivity index (χ0) is 31.2. The summed E-state index contributed by atoms with van der Waals surface area (Å²) in [5, 5.41) is 13.3. The van der Waals surface area contributed by atoms with Gasteiger partial charge in [0.05, 0.1) is 17.3 Å². The molecule has 1 saturated carbocycles. The number of nitrogens with one attached hydrogen (secondary N) is 1. The molecule has 2 aromatic carbocycles. The van der Waals surface area contributed by atoms with Crippen LogP contribution in [0.5, 0.6) is 5.75 Å². The molecule has 0 spiro atoms. The smallest absolute Gasteiger partial charge is 0.337 e. The van der Waals surface area contributed by atoms with Crippen LogP contribution in [0.4, 0.5) is 8.78 Å². The topological polar surface area (TPSA) is 124 Å². The van der Waals surface area contributed by atoms with Crippen LogP contribution < -0.4 is 16.6 Å². The fourth-order valence-electron chi connectivity index (χ4n) is 6.08. The second kappa shape index (κ2) is 11.1. The standard InChI is InChI=1S/C33H26F2N6O4/c34-20-8-13-29-38-27(18-39(29)17-20)31(43)37-22-9-11-23(12-10-22)41-32(44)26-15-21(35)16-36-30(26)40(33(41)45)24-5-3-4-19(14-24)25-6-1-2-7-28(25)42/h1-8,13-18,22-23,42H,9-12H2,(H,37,43)/t22-,23+. The van der Waals surface area contributed by atoms with Gasteiger partial charge in [0.25, 0.3) is 11.5 Å². The van der Waals surface area contributed by atoms with E-state index in [-0.39, 0.29) is 28.5 Å². The maximum absolute atomic E-state index is 14.4. The van der Waals surface area contributed by atoms with Gasteiger partial charge in [-0.25, -0.2) is 28.1 Å². The molecule has 4 aromatic heterocycles. The summed E-state index contributed by atoms with van der Waals surface area (Å²) < 4.78 is 31.8. The Hall–Kier alpha value is -5.65. The second-order valence-electron chi connectivity index (χ2n) is 11.1. The van der Waals surface area contributed by atoms with Gasteiger partial charge in [-0.3, -0.25) is 14.2 Å². The second-order valence-corrected chi connectivity index (χ2v) is 11.1. The van der Waals surface area contributed by atoms with Gasteiger partial charge in [-0.2, -0.15) is 0 Å².